The molecule has 5 rings (SSSR count). The zero-order chi connectivity index (χ0) is 22.2. The number of likely N-dealkylation sites (N-methyl/N-ethyl adjacent to an activating group) is 1. The van der Waals surface area contributed by atoms with Crippen molar-refractivity contribution in [2.75, 3.05) is 26.7 Å². The van der Waals surface area contributed by atoms with E-state index in [2.05, 4.69) is 12.2 Å². The molecule has 0 saturated carbocycles. The van der Waals surface area contributed by atoms with Crippen LogP contribution in [0.3, 0.4) is 0 Å². The maximum Gasteiger partial charge on any atom is 0.348 e. The smallest absolute Gasteiger partial charge is 0.348 e. The van der Waals surface area contributed by atoms with Crippen LogP contribution >= 0.6 is 0 Å². The van der Waals surface area contributed by atoms with Gasteiger partial charge in [-0.05, 0) is 24.0 Å². The SMILES string of the molecule is C[N+]1(CCCc2ccon2)CCCC(OC(=O)C2(O)c3ccccc3-c3ccccc32)C1. The highest BCUT2D eigenvalue weighted by Gasteiger charge is 2.50. The summed E-state index contributed by atoms with van der Waals surface area (Å²) in [6.07, 6.45) is 5.08. The zero-order valence-corrected chi connectivity index (χ0v) is 18.4. The fourth-order valence-corrected chi connectivity index (χ4v) is 5.35. The van der Waals surface area contributed by atoms with E-state index in [1.165, 1.54) is 0 Å². The van der Waals surface area contributed by atoms with Gasteiger partial charge in [0.15, 0.2) is 6.10 Å². The third kappa shape index (κ3) is 3.63. The number of esters is 1. The molecule has 32 heavy (non-hydrogen) atoms. The van der Waals surface area contributed by atoms with Crippen LogP contribution < -0.4 is 0 Å². The Bertz CT molecular complexity index is 1070. The van der Waals surface area contributed by atoms with Crippen molar-refractivity contribution in [3.63, 3.8) is 0 Å². The van der Waals surface area contributed by atoms with E-state index in [-0.39, 0.29) is 6.10 Å². The molecule has 1 saturated heterocycles. The molecule has 166 valence electrons. The fraction of sp³-hybridized carbons (Fsp3) is 0.385. The molecule has 6 nitrogen and oxygen atoms in total. The van der Waals surface area contributed by atoms with E-state index in [4.69, 9.17) is 9.26 Å². The van der Waals surface area contributed by atoms with E-state index in [0.717, 1.165) is 66.6 Å². The van der Waals surface area contributed by atoms with Crippen molar-refractivity contribution in [2.45, 2.75) is 37.4 Å². The lowest BCUT2D eigenvalue weighted by Gasteiger charge is -2.41. The number of likely N-dealkylation sites (tertiary alicyclic amines) is 1. The van der Waals surface area contributed by atoms with Crippen LogP contribution in [0.25, 0.3) is 11.1 Å². The summed E-state index contributed by atoms with van der Waals surface area (Å²) in [5.41, 5.74) is 2.19. The lowest BCUT2D eigenvalue weighted by atomic mass is 9.91. The quantitative estimate of drug-likeness (QED) is 0.474. The number of nitrogens with zero attached hydrogens (tertiary/aromatic N) is 2. The monoisotopic (exact) mass is 433 g/mol. The van der Waals surface area contributed by atoms with E-state index in [1.54, 1.807) is 6.26 Å². The van der Waals surface area contributed by atoms with Gasteiger partial charge in [0.2, 0.25) is 5.60 Å². The molecule has 0 spiro atoms. The van der Waals surface area contributed by atoms with Gasteiger partial charge in [0.1, 0.15) is 12.8 Å². The van der Waals surface area contributed by atoms with E-state index in [9.17, 15) is 9.90 Å². The molecule has 0 amide bonds. The van der Waals surface area contributed by atoms with Crippen LogP contribution in [-0.2, 0) is 21.6 Å². The first kappa shape index (κ1) is 20.9. The highest BCUT2D eigenvalue weighted by Crippen LogP contribution is 2.48. The Labute approximate surface area is 188 Å². The first-order valence-corrected chi connectivity index (χ1v) is 11.4. The molecular weight excluding hydrogens is 404 g/mol. The Morgan fingerprint density at radius 3 is 2.50 bits per heavy atom. The molecule has 1 aliphatic heterocycles. The summed E-state index contributed by atoms with van der Waals surface area (Å²) in [6.45, 7) is 2.80. The number of ether oxygens (including phenoxy) is 1. The number of hydrogen-bond donors (Lipinski definition) is 1. The molecule has 1 N–H and O–H groups in total. The van der Waals surface area contributed by atoms with Gasteiger partial charge in [-0.3, -0.25) is 0 Å². The highest BCUT2D eigenvalue weighted by atomic mass is 16.6. The molecule has 2 unspecified atom stereocenters. The van der Waals surface area contributed by atoms with E-state index < -0.39 is 11.6 Å². The molecule has 2 heterocycles. The number of aliphatic hydroxyl groups is 1. The number of carbonyl (C=O) groups is 1. The van der Waals surface area contributed by atoms with Crippen LogP contribution in [0.5, 0.6) is 0 Å². The van der Waals surface area contributed by atoms with Gasteiger partial charge >= 0.3 is 5.97 Å². The van der Waals surface area contributed by atoms with Crippen LogP contribution in [0, 0.1) is 0 Å². The van der Waals surface area contributed by atoms with Crippen molar-refractivity contribution in [3.05, 3.63) is 77.7 Å². The number of aryl methyl sites for hydroxylation is 1. The number of carbonyl (C=O) groups excluding carboxylic acids is 1. The van der Waals surface area contributed by atoms with Crippen molar-refractivity contribution >= 4 is 5.97 Å². The Morgan fingerprint density at radius 2 is 1.84 bits per heavy atom. The van der Waals surface area contributed by atoms with Crippen LogP contribution in [0.2, 0.25) is 0 Å². The van der Waals surface area contributed by atoms with Crippen molar-refractivity contribution in [1.29, 1.82) is 0 Å². The predicted molar refractivity (Wildman–Crippen MR) is 120 cm³/mol. The Hall–Kier alpha value is -2.96. The average Bonchev–Trinajstić information content (AvgIpc) is 3.40. The summed E-state index contributed by atoms with van der Waals surface area (Å²) in [6, 6.07) is 17.0. The van der Waals surface area contributed by atoms with Gasteiger partial charge in [0.25, 0.3) is 0 Å². The average molecular weight is 434 g/mol. The predicted octanol–water partition coefficient (Wildman–Crippen LogP) is 3.68. The Kier molecular flexibility index (Phi) is 5.35. The maximum atomic E-state index is 13.4. The number of aromatic nitrogens is 1. The molecule has 0 bridgehead atoms. The molecule has 2 atom stereocenters. The van der Waals surface area contributed by atoms with E-state index >= 15 is 0 Å². The van der Waals surface area contributed by atoms with Crippen LogP contribution in [0.4, 0.5) is 0 Å². The number of benzene rings is 2. The van der Waals surface area contributed by atoms with Gasteiger partial charge in [-0.1, -0.05) is 53.7 Å². The first-order valence-electron chi connectivity index (χ1n) is 11.4. The second-order valence-electron chi connectivity index (χ2n) is 9.31. The van der Waals surface area contributed by atoms with Crippen LogP contribution in [-0.4, -0.2) is 53.5 Å². The van der Waals surface area contributed by atoms with Crippen molar-refractivity contribution in [1.82, 2.24) is 5.16 Å². The molecular formula is C26H29N2O4+. The number of rotatable bonds is 6. The number of piperidine rings is 1. The van der Waals surface area contributed by atoms with Crippen molar-refractivity contribution in [3.8, 4) is 11.1 Å². The molecule has 1 aliphatic carbocycles. The standard InChI is InChI=1S/C26H29N2O4/c1-28(15-6-8-19-14-17-31-27-19)16-7-9-20(18-28)32-25(29)26(30)23-12-4-2-10-21(23)22-11-3-5-13-24(22)26/h2-5,10-14,17,20,30H,6-9,15-16,18H2,1H3/q+1. The van der Waals surface area contributed by atoms with Crippen molar-refractivity contribution in [2.24, 2.45) is 0 Å². The third-order valence-corrected chi connectivity index (χ3v) is 6.98. The maximum absolute atomic E-state index is 13.4. The second-order valence-corrected chi connectivity index (χ2v) is 9.31. The van der Waals surface area contributed by atoms with Crippen molar-refractivity contribution < 1.29 is 23.6 Å². The fourth-order valence-electron chi connectivity index (χ4n) is 5.35. The van der Waals surface area contributed by atoms with Gasteiger partial charge in [-0.2, -0.15) is 0 Å². The zero-order valence-electron chi connectivity index (χ0n) is 18.4. The number of quaternary nitrogens is 1. The summed E-state index contributed by atoms with van der Waals surface area (Å²) >= 11 is 0. The van der Waals surface area contributed by atoms with Crippen LogP contribution in [0.15, 0.2) is 65.4 Å². The minimum absolute atomic E-state index is 0.211. The Balaban J connectivity index is 1.30. The van der Waals surface area contributed by atoms with Gasteiger partial charge in [-0.15, -0.1) is 0 Å². The topological polar surface area (TPSA) is 72.6 Å². The molecule has 1 aromatic heterocycles. The Morgan fingerprint density at radius 1 is 1.16 bits per heavy atom. The number of fused-ring (bicyclic) bond motifs is 3. The van der Waals surface area contributed by atoms with Gasteiger partial charge in [-0.25, -0.2) is 4.79 Å². The second kappa shape index (κ2) is 8.19. The normalized spacial score (nSPS) is 23.4. The minimum Gasteiger partial charge on any atom is -0.454 e. The summed E-state index contributed by atoms with van der Waals surface area (Å²) in [4.78, 5) is 13.4. The summed E-state index contributed by atoms with van der Waals surface area (Å²) in [5, 5.41) is 15.7. The van der Waals surface area contributed by atoms with Gasteiger partial charge < -0.3 is 18.8 Å². The summed E-state index contributed by atoms with van der Waals surface area (Å²) in [7, 11) is 2.22. The lowest BCUT2D eigenvalue weighted by Crippen LogP contribution is -2.55. The molecule has 2 aliphatic rings. The largest absolute Gasteiger partial charge is 0.454 e. The van der Waals surface area contributed by atoms with Crippen LogP contribution in [0.1, 0.15) is 36.1 Å². The molecule has 2 aromatic carbocycles. The molecule has 0 radical (unpaired) electrons. The molecule has 3 aromatic rings. The summed E-state index contributed by atoms with van der Waals surface area (Å²) < 4.78 is 11.8. The van der Waals surface area contributed by atoms with E-state index in [0.29, 0.717) is 11.1 Å². The van der Waals surface area contributed by atoms with E-state index in [1.807, 2.05) is 54.6 Å². The molecule has 6 heteroatoms. The lowest BCUT2D eigenvalue weighted by molar-refractivity contribution is -0.917. The third-order valence-electron chi connectivity index (χ3n) is 6.98. The number of hydrogen-bond acceptors (Lipinski definition) is 5. The highest BCUT2D eigenvalue weighted by molar-refractivity contribution is 5.96. The first-order chi connectivity index (χ1) is 15.5. The van der Waals surface area contributed by atoms with Gasteiger partial charge in [0, 0.05) is 30.0 Å². The van der Waals surface area contributed by atoms with Gasteiger partial charge in [0.05, 0.1) is 25.8 Å². The molecule has 1 fully saturated rings. The summed E-state index contributed by atoms with van der Waals surface area (Å²) in [5.74, 6) is -0.573. The minimum atomic E-state index is -1.76.